The summed E-state index contributed by atoms with van der Waals surface area (Å²) in [4.78, 5) is 2.38. The van der Waals surface area contributed by atoms with Crippen LogP contribution in [0.1, 0.15) is 29.2 Å². The van der Waals surface area contributed by atoms with Crippen LogP contribution >= 0.6 is 0 Å². The Balaban J connectivity index is 1.64. The van der Waals surface area contributed by atoms with Crippen molar-refractivity contribution >= 4 is 0 Å². The lowest BCUT2D eigenvalue weighted by molar-refractivity contribution is -0.0300. The molecule has 0 radical (unpaired) electrons. The van der Waals surface area contributed by atoms with Crippen molar-refractivity contribution in [3.63, 3.8) is 0 Å². The molecule has 2 aromatic rings. The van der Waals surface area contributed by atoms with Gasteiger partial charge in [0.1, 0.15) is 0 Å². The van der Waals surface area contributed by atoms with Crippen molar-refractivity contribution in [2.24, 2.45) is 0 Å². The molecule has 3 rings (SSSR count). The van der Waals surface area contributed by atoms with E-state index in [4.69, 9.17) is 9.84 Å². The van der Waals surface area contributed by atoms with E-state index in [1.807, 2.05) is 42.5 Å². The zero-order valence-corrected chi connectivity index (χ0v) is 13.8. The topological polar surface area (TPSA) is 52.9 Å². The van der Waals surface area contributed by atoms with Gasteiger partial charge in [-0.1, -0.05) is 54.6 Å². The molecule has 1 saturated heterocycles. The molecule has 4 nitrogen and oxygen atoms in total. The number of hydrogen-bond donors (Lipinski definition) is 2. The Morgan fingerprint density at radius 2 is 1.75 bits per heavy atom. The van der Waals surface area contributed by atoms with E-state index in [0.717, 1.165) is 30.8 Å². The summed E-state index contributed by atoms with van der Waals surface area (Å²) in [5.41, 5.74) is 3.10. The Hall–Kier alpha value is -1.72. The third kappa shape index (κ3) is 4.42. The Morgan fingerprint density at radius 3 is 2.46 bits per heavy atom. The molecule has 0 aromatic heterocycles. The second kappa shape index (κ2) is 8.40. The number of rotatable bonds is 6. The number of aliphatic hydroxyl groups is 2. The summed E-state index contributed by atoms with van der Waals surface area (Å²) in [6.07, 6.45) is 0.191. The summed E-state index contributed by atoms with van der Waals surface area (Å²) in [7, 11) is 0. The summed E-state index contributed by atoms with van der Waals surface area (Å²) in [5.74, 6) is 0. The fourth-order valence-electron chi connectivity index (χ4n) is 3.17. The molecule has 4 heteroatoms. The Labute approximate surface area is 143 Å². The first-order valence-corrected chi connectivity index (χ1v) is 8.50. The van der Waals surface area contributed by atoms with Gasteiger partial charge in [-0.2, -0.15) is 0 Å². The molecule has 128 valence electrons. The van der Waals surface area contributed by atoms with Crippen molar-refractivity contribution < 1.29 is 14.9 Å². The summed E-state index contributed by atoms with van der Waals surface area (Å²) in [6.45, 7) is 3.16. The molecule has 24 heavy (non-hydrogen) atoms. The van der Waals surface area contributed by atoms with Crippen LogP contribution in [-0.4, -0.2) is 40.9 Å². The molecule has 1 aliphatic rings. The number of morpholine rings is 1. The predicted octanol–water partition coefficient (Wildman–Crippen LogP) is 2.50. The van der Waals surface area contributed by atoms with Gasteiger partial charge in [-0.05, 0) is 23.1 Å². The summed E-state index contributed by atoms with van der Waals surface area (Å²) in [6, 6.07) is 18.0. The maximum Gasteiger partial charge on any atom is 0.0805 e. The van der Waals surface area contributed by atoms with Crippen molar-refractivity contribution in [2.45, 2.75) is 31.7 Å². The van der Waals surface area contributed by atoms with E-state index in [-0.39, 0.29) is 12.6 Å². The van der Waals surface area contributed by atoms with Crippen LogP contribution in [0.3, 0.4) is 0 Å². The van der Waals surface area contributed by atoms with Crippen LogP contribution in [0.2, 0.25) is 0 Å². The number of aliphatic hydroxyl groups excluding tert-OH is 2. The van der Waals surface area contributed by atoms with Gasteiger partial charge in [-0.15, -0.1) is 0 Å². The fourth-order valence-corrected chi connectivity index (χ4v) is 3.17. The summed E-state index contributed by atoms with van der Waals surface area (Å²) in [5, 5.41) is 19.7. The molecule has 0 saturated carbocycles. The summed E-state index contributed by atoms with van der Waals surface area (Å²) < 4.78 is 5.64. The molecule has 0 aliphatic carbocycles. The first kappa shape index (κ1) is 17.1. The van der Waals surface area contributed by atoms with Crippen LogP contribution in [0, 0.1) is 0 Å². The molecule has 1 fully saturated rings. The van der Waals surface area contributed by atoms with E-state index in [1.54, 1.807) is 0 Å². The van der Waals surface area contributed by atoms with Crippen LogP contribution < -0.4 is 0 Å². The van der Waals surface area contributed by atoms with Gasteiger partial charge in [0.25, 0.3) is 0 Å². The van der Waals surface area contributed by atoms with E-state index < -0.39 is 6.10 Å². The second-order valence-electron chi connectivity index (χ2n) is 6.34. The molecule has 0 spiro atoms. The van der Waals surface area contributed by atoms with Crippen molar-refractivity contribution in [3.05, 3.63) is 71.3 Å². The van der Waals surface area contributed by atoms with Gasteiger partial charge in [-0.25, -0.2) is 0 Å². The van der Waals surface area contributed by atoms with Crippen LogP contribution in [0.15, 0.2) is 54.6 Å². The zero-order chi connectivity index (χ0) is 16.8. The van der Waals surface area contributed by atoms with Crippen molar-refractivity contribution in [1.29, 1.82) is 0 Å². The van der Waals surface area contributed by atoms with Gasteiger partial charge in [0.2, 0.25) is 0 Å². The maximum atomic E-state index is 10.5. The van der Waals surface area contributed by atoms with Crippen LogP contribution in [-0.2, 0) is 17.9 Å². The normalized spacial score (nSPS) is 20.0. The third-order valence-electron chi connectivity index (χ3n) is 4.62. The number of ether oxygens (including phenoxy) is 1. The largest absolute Gasteiger partial charge is 0.392 e. The number of benzene rings is 2. The lowest BCUT2D eigenvalue weighted by Gasteiger charge is -2.36. The van der Waals surface area contributed by atoms with E-state index in [0.29, 0.717) is 13.0 Å². The van der Waals surface area contributed by atoms with Gasteiger partial charge in [0, 0.05) is 19.1 Å². The minimum Gasteiger partial charge on any atom is -0.392 e. The first-order valence-electron chi connectivity index (χ1n) is 8.50. The molecule has 1 aliphatic heterocycles. The van der Waals surface area contributed by atoms with Crippen LogP contribution in [0.5, 0.6) is 0 Å². The van der Waals surface area contributed by atoms with E-state index in [1.165, 1.54) is 5.56 Å². The second-order valence-corrected chi connectivity index (χ2v) is 6.34. The average molecular weight is 327 g/mol. The van der Waals surface area contributed by atoms with E-state index in [9.17, 15) is 5.11 Å². The first-order chi connectivity index (χ1) is 11.8. The average Bonchev–Trinajstić information content (AvgIpc) is 2.64. The molecule has 0 bridgehead atoms. The van der Waals surface area contributed by atoms with Gasteiger partial charge in [0.15, 0.2) is 0 Å². The van der Waals surface area contributed by atoms with E-state index in [2.05, 4.69) is 17.0 Å². The van der Waals surface area contributed by atoms with Crippen molar-refractivity contribution in [1.82, 2.24) is 4.90 Å². The third-order valence-corrected chi connectivity index (χ3v) is 4.62. The van der Waals surface area contributed by atoms with Crippen LogP contribution in [0.4, 0.5) is 0 Å². The highest BCUT2D eigenvalue weighted by atomic mass is 16.5. The molecule has 2 aromatic carbocycles. The smallest absolute Gasteiger partial charge is 0.0805 e. The van der Waals surface area contributed by atoms with E-state index >= 15 is 0 Å². The highest BCUT2D eigenvalue weighted by molar-refractivity contribution is 5.22. The zero-order valence-electron chi connectivity index (χ0n) is 13.8. The SMILES string of the molecule is OCc1ccc(CN2CCOC[C@H]2C[C@H](O)c2ccccc2)cc1. The molecule has 2 N–H and O–H groups in total. The molecule has 0 unspecified atom stereocenters. The molecule has 1 heterocycles. The molecular formula is C20H25NO3. The molecular weight excluding hydrogens is 302 g/mol. The molecule has 2 atom stereocenters. The number of nitrogens with zero attached hydrogens (tertiary/aromatic N) is 1. The highest BCUT2D eigenvalue weighted by Gasteiger charge is 2.26. The van der Waals surface area contributed by atoms with Gasteiger partial charge in [0.05, 0.1) is 25.9 Å². The lowest BCUT2D eigenvalue weighted by atomic mass is 10.00. The Bertz CT molecular complexity index is 615. The number of hydrogen-bond acceptors (Lipinski definition) is 4. The lowest BCUT2D eigenvalue weighted by Crippen LogP contribution is -2.45. The highest BCUT2D eigenvalue weighted by Crippen LogP contribution is 2.23. The Morgan fingerprint density at radius 1 is 1.04 bits per heavy atom. The fraction of sp³-hybridized carbons (Fsp3) is 0.400. The quantitative estimate of drug-likeness (QED) is 0.856. The van der Waals surface area contributed by atoms with Crippen LogP contribution in [0.25, 0.3) is 0 Å². The van der Waals surface area contributed by atoms with Crippen molar-refractivity contribution in [3.8, 4) is 0 Å². The van der Waals surface area contributed by atoms with Gasteiger partial charge in [-0.3, -0.25) is 4.90 Å². The van der Waals surface area contributed by atoms with Crippen molar-refractivity contribution in [2.75, 3.05) is 19.8 Å². The minimum absolute atomic E-state index is 0.0731. The Kier molecular flexibility index (Phi) is 5.99. The maximum absolute atomic E-state index is 10.5. The minimum atomic E-state index is -0.475. The molecule has 0 amide bonds. The van der Waals surface area contributed by atoms with Gasteiger partial charge >= 0.3 is 0 Å². The summed E-state index contributed by atoms with van der Waals surface area (Å²) >= 11 is 0. The standard InChI is InChI=1S/C20H25NO3/c22-14-17-8-6-16(7-9-17)13-21-10-11-24-15-19(21)12-20(23)18-4-2-1-3-5-18/h1-9,19-20,22-23H,10-15H2/t19-,20+/m1/s1. The predicted molar refractivity (Wildman–Crippen MR) is 93.4 cm³/mol. The van der Waals surface area contributed by atoms with Gasteiger partial charge < -0.3 is 14.9 Å². The monoisotopic (exact) mass is 327 g/mol.